The molecule has 0 aliphatic carbocycles. The first-order valence-electron chi connectivity index (χ1n) is 4.51. The van der Waals surface area contributed by atoms with Crippen LogP contribution in [-0.4, -0.2) is 31.3 Å². The number of nitrogens with zero attached hydrogens (tertiary/aromatic N) is 4. The zero-order chi connectivity index (χ0) is 12.4. The van der Waals surface area contributed by atoms with Gasteiger partial charge in [-0.1, -0.05) is 16.7 Å². The molecule has 0 saturated carbocycles. The lowest BCUT2D eigenvalue weighted by Crippen LogP contribution is -1.99. The molecule has 0 spiro atoms. The van der Waals surface area contributed by atoms with Crippen LogP contribution < -0.4 is 4.74 Å². The first kappa shape index (κ1) is 11.3. The van der Waals surface area contributed by atoms with Crippen LogP contribution in [0.4, 0.5) is 0 Å². The van der Waals surface area contributed by atoms with E-state index in [1.165, 1.54) is 22.9 Å². The number of rotatable bonds is 3. The minimum atomic E-state index is -1.06. The second kappa shape index (κ2) is 4.38. The second-order valence-electron chi connectivity index (χ2n) is 3.14. The third kappa shape index (κ3) is 2.34. The summed E-state index contributed by atoms with van der Waals surface area (Å²) in [6, 6.07) is 4.28. The third-order valence-corrected chi connectivity index (χ3v) is 2.26. The molecule has 0 aliphatic rings. The number of aryl methyl sites for hydroxylation is 1. The molecule has 0 atom stereocenters. The maximum atomic E-state index is 10.7. The number of tetrazole rings is 1. The van der Waals surface area contributed by atoms with E-state index < -0.39 is 5.97 Å². The average molecular weight is 255 g/mol. The maximum absolute atomic E-state index is 10.7. The number of aromatic nitrogens is 4. The predicted octanol–water partition coefficient (Wildman–Crippen LogP) is 1.35. The number of hydrogen-bond acceptors (Lipinski definition) is 5. The standard InChI is InChI=1S/C9H7ClN4O3/c1-14-9(11-12-13-14)17-7-3-2-5(8(15)16)4-6(7)10/h2-4H,1H3,(H,15,16). The van der Waals surface area contributed by atoms with Crippen molar-refractivity contribution in [3.63, 3.8) is 0 Å². The number of hydrogen-bond donors (Lipinski definition) is 1. The normalized spacial score (nSPS) is 10.2. The molecule has 1 heterocycles. The van der Waals surface area contributed by atoms with Crippen LogP contribution in [0.25, 0.3) is 0 Å². The van der Waals surface area contributed by atoms with Gasteiger partial charge < -0.3 is 9.84 Å². The molecule has 8 heteroatoms. The molecule has 1 aromatic carbocycles. The van der Waals surface area contributed by atoms with E-state index in [1.807, 2.05) is 0 Å². The lowest BCUT2D eigenvalue weighted by molar-refractivity contribution is 0.0697. The van der Waals surface area contributed by atoms with Crippen molar-refractivity contribution in [1.29, 1.82) is 0 Å². The van der Waals surface area contributed by atoms with E-state index in [1.54, 1.807) is 7.05 Å². The van der Waals surface area contributed by atoms with E-state index in [2.05, 4.69) is 15.5 Å². The van der Waals surface area contributed by atoms with Gasteiger partial charge in [0.2, 0.25) is 0 Å². The lowest BCUT2D eigenvalue weighted by atomic mass is 10.2. The number of halogens is 1. The second-order valence-corrected chi connectivity index (χ2v) is 3.54. The van der Waals surface area contributed by atoms with Gasteiger partial charge in [0, 0.05) is 7.05 Å². The van der Waals surface area contributed by atoms with E-state index in [-0.39, 0.29) is 22.3 Å². The Morgan fingerprint density at radius 1 is 1.53 bits per heavy atom. The largest absolute Gasteiger partial charge is 0.478 e. The van der Waals surface area contributed by atoms with Crippen LogP contribution in [0.1, 0.15) is 10.4 Å². The fourth-order valence-corrected chi connectivity index (χ4v) is 1.34. The highest BCUT2D eigenvalue weighted by molar-refractivity contribution is 6.32. The Hall–Kier alpha value is -2.15. The predicted molar refractivity (Wildman–Crippen MR) is 57.3 cm³/mol. The number of benzene rings is 1. The molecule has 0 radical (unpaired) electrons. The molecule has 0 bridgehead atoms. The van der Waals surface area contributed by atoms with Gasteiger partial charge in [0.05, 0.1) is 10.6 Å². The van der Waals surface area contributed by atoms with Crippen molar-refractivity contribution in [3.8, 4) is 11.8 Å². The van der Waals surface area contributed by atoms with Gasteiger partial charge in [-0.3, -0.25) is 0 Å². The summed E-state index contributed by atoms with van der Waals surface area (Å²) in [5.41, 5.74) is 0.0819. The molecular weight excluding hydrogens is 248 g/mol. The van der Waals surface area contributed by atoms with E-state index in [0.29, 0.717) is 0 Å². The Morgan fingerprint density at radius 3 is 2.82 bits per heavy atom. The van der Waals surface area contributed by atoms with E-state index >= 15 is 0 Å². The quantitative estimate of drug-likeness (QED) is 0.889. The van der Waals surface area contributed by atoms with Crippen molar-refractivity contribution in [2.75, 3.05) is 0 Å². The summed E-state index contributed by atoms with van der Waals surface area (Å²) in [5, 5.41) is 19.5. The zero-order valence-corrected chi connectivity index (χ0v) is 9.42. The number of carboxylic acids is 1. The molecule has 7 nitrogen and oxygen atoms in total. The SMILES string of the molecule is Cn1nnnc1Oc1ccc(C(=O)O)cc1Cl. The topological polar surface area (TPSA) is 90.1 Å². The van der Waals surface area contributed by atoms with Crippen molar-refractivity contribution in [3.05, 3.63) is 28.8 Å². The van der Waals surface area contributed by atoms with Crippen LogP contribution in [0.2, 0.25) is 5.02 Å². The van der Waals surface area contributed by atoms with Crippen LogP contribution in [0.15, 0.2) is 18.2 Å². The van der Waals surface area contributed by atoms with Crippen LogP contribution in [-0.2, 0) is 7.05 Å². The minimum absolute atomic E-state index is 0.0819. The molecule has 1 aromatic heterocycles. The summed E-state index contributed by atoms with van der Waals surface area (Å²) in [7, 11) is 1.61. The molecular formula is C9H7ClN4O3. The summed E-state index contributed by atoms with van der Waals surface area (Å²) >= 11 is 5.88. The summed E-state index contributed by atoms with van der Waals surface area (Å²) in [5.74, 6) is -0.770. The number of aromatic carboxylic acids is 1. The number of carbonyl (C=O) groups is 1. The molecule has 0 aliphatic heterocycles. The summed E-state index contributed by atoms with van der Waals surface area (Å²) in [6.07, 6.45) is 0. The van der Waals surface area contributed by atoms with Gasteiger partial charge in [-0.05, 0) is 28.6 Å². The Kier molecular flexibility index (Phi) is 2.92. The first-order chi connectivity index (χ1) is 8.08. The van der Waals surface area contributed by atoms with Crippen molar-refractivity contribution >= 4 is 17.6 Å². The van der Waals surface area contributed by atoms with Gasteiger partial charge in [-0.2, -0.15) is 4.68 Å². The Labute approximate surface area is 101 Å². The van der Waals surface area contributed by atoms with Gasteiger partial charge in [-0.25, -0.2) is 4.79 Å². The van der Waals surface area contributed by atoms with Crippen LogP contribution >= 0.6 is 11.6 Å². The van der Waals surface area contributed by atoms with Crippen LogP contribution in [0, 0.1) is 0 Å². The molecule has 2 aromatic rings. The molecule has 0 fully saturated rings. The maximum Gasteiger partial charge on any atom is 0.340 e. The van der Waals surface area contributed by atoms with Gasteiger partial charge in [0.15, 0.2) is 0 Å². The summed E-state index contributed by atoms with van der Waals surface area (Å²) in [6.45, 7) is 0. The summed E-state index contributed by atoms with van der Waals surface area (Å²) in [4.78, 5) is 10.7. The zero-order valence-electron chi connectivity index (χ0n) is 8.66. The summed E-state index contributed by atoms with van der Waals surface area (Å²) < 4.78 is 6.64. The first-order valence-corrected chi connectivity index (χ1v) is 4.89. The third-order valence-electron chi connectivity index (χ3n) is 1.96. The molecule has 0 saturated heterocycles. The van der Waals surface area contributed by atoms with Gasteiger partial charge in [-0.15, -0.1) is 0 Å². The molecule has 88 valence electrons. The fraction of sp³-hybridized carbons (Fsp3) is 0.111. The Balaban J connectivity index is 2.29. The lowest BCUT2D eigenvalue weighted by Gasteiger charge is -2.05. The Morgan fingerprint density at radius 2 is 2.29 bits per heavy atom. The van der Waals surface area contributed by atoms with E-state index in [9.17, 15) is 4.79 Å². The van der Waals surface area contributed by atoms with Crippen LogP contribution in [0.5, 0.6) is 11.8 Å². The molecule has 1 N–H and O–H groups in total. The van der Waals surface area contributed by atoms with Crippen molar-refractivity contribution in [1.82, 2.24) is 20.2 Å². The fourth-order valence-electron chi connectivity index (χ4n) is 1.12. The monoisotopic (exact) mass is 254 g/mol. The number of carboxylic acid groups (broad SMARTS) is 1. The molecule has 0 amide bonds. The molecule has 17 heavy (non-hydrogen) atoms. The van der Waals surface area contributed by atoms with Gasteiger partial charge >= 0.3 is 12.0 Å². The Bertz CT molecular complexity index is 569. The molecule has 2 rings (SSSR count). The van der Waals surface area contributed by atoms with Crippen molar-refractivity contribution in [2.24, 2.45) is 7.05 Å². The smallest absolute Gasteiger partial charge is 0.340 e. The van der Waals surface area contributed by atoms with E-state index in [0.717, 1.165) is 0 Å². The highest BCUT2D eigenvalue weighted by atomic mass is 35.5. The molecule has 0 unspecified atom stereocenters. The highest BCUT2D eigenvalue weighted by Crippen LogP contribution is 2.28. The van der Waals surface area contributed by atoms with Crippen molar-refractivity contribution in [2.45, 2.75) is 0 Å². The van der Waals surface area contributed by atoms with Crippen LogP contribution in [0.3, 0.4) is 0 Å². The minimum Gasteiger partial charge on any atom is -0.478 e. The van der Waals surface area contributed by atoms with Gasteiger partial charge in [0.25, 0.3) is 0 Å². The van der Waals surface area contributed by atoms with E-state index in [4.69, 9.17) is 21.4 Å². The van der Waals surface area contributed by atoms with Gasteiger partial charge in [0.1, 0.15) is 5.75 Å². The van der Waals surface area contributed by atoms with Crippen molar-refractivity contribution < 1.29 is 14.6 Å². The number of ether oxygens (including phenoxy) is 1. The average Bonchev–Trinajstić information content (AvgIpc) is 2.67. The highest BCUT2D eigenvalue weighted by Gasteiger charge is 2.11.